The third kappa shape index (κ3) is 5.00. The lowest BCUT2D eigenvalue weighted by atomic mass is 10.2. The summed E-state index contributed by atoms with van der Waals surface area (Å²) < 4.78 is 5.07. The van der Waals surface area contributed by atoms with Crippen LogP contribution in [0.2, 0.25) is 0 Å². The number of aromatic nitrogens is 1. The highest BCUT2D eigenvalue weighted by atomic mass is 16.5. The van der Waals surface area contributed by atoms with Gasteiger partial charge in [-0.1, -0.05) is 6.07 Å². The van der Waals surface area contributed by atoms with Gasteiger partial charge in [0.25, 0.3) is 5.91 Å². The first-order valence-electron chi connectivity index (χ1n) is 6.66. The SMILES string of the molecule is CCN(C(=O)c1ccc(C=CC(=O)O)cn1)C(C)COC. The standard InChI is InChI=1S/C15H20N2O4/c1-4-17(11(2)10-21-3)15(20)13-7-5-12(9-16-13)6-8-14(18)19/h5-9,11H,4,10H2,1-3H3,(H,18,19). The van der Waals surface area contributed by atoms with Gasteiger partial charge in [-0.15, -0.1) is 0 Å². The van der Waals surface area contributed by atoms with Gasteiger partial charge in [0.15, 0.2) is 0 Å². The van der Waals surface area contributed by atoms with Crippen LogP contribution in [0.4, 0.5) is 0 Å². The van der Waals surface area contributed by atoms with Gasteiger partial charge in [0.05, 0.1) is 12.6 Å². The van der Waals surface area contributed by atoms with E-state index >= 15 is 0 Å². The van der Waals surface area contributed by atoms with Crippen LogP contribution in [0.5, 0.6) is 0 Å². The van der Waals surface area contributed by atoms with E-state index in [-0.39, 0.29) is 11.9 Å². The zero-order valence-corrected chi connectivity index (χ0v) is 12.4. The van der Waals surface area contributed by atoms with Crippen molar-refractivity contribution in [3.05, 3.63) is 35.7 Å². The molecule has 0 aliphatic carbocycles. The predicted octanol–water partition coefficient (Wildman–Crippen LogP) is 1.68. The summed E-state index contributed by atoms with van der Waals surface area (Å²) in [5, 5.41) is 8.55. The van der Waals surface area contributed by atoms with Crippen LogP contribution in [0.3, 0.4) is 0 Å². The molecular weight excluding hydrogens is 272 g/mol. The third-order valence-corrected chi connectivity index (χ3v) is 2.97. The van der Waals surface area contributed by atoms with E-state index in [1.54, 1.807) is 24.1 Å². The number of carboxylic acid groups (broad SMARTS) is 1. The van der Waals surface area contributed by atoms with Crippen LogP contribution in [0.1, 0.15) is 29.9 Å². The second-order valence-corrected chi connectivity index (χ2v) is 4.54. The number of aliphatic carboxylic acids is 1. The predicted molar refractivity (Wildman–Crippen MR) is 79.0 cm³/mol. The number of methoxy groups -OCH3 is 1. The maximum Gasteiger partial charge on any atom is 0.328 e. The van der Waals surface area contributed by atoms with Crippen molar-refractivity contribution in [2.45, 2.75) is 19.9 Å². The molecule has 6 heteroatoms. The molecule has 1 rings (SSSR count). The Morgan fingerprint density at radius 2 is 2.19 bits per heavy atom. The summed E-state index contributed by atoms with van der Waals surface area (Å²) in [6, 6.07) is 3.21. The van der Waals surface area contributed by atoms with Gasteiger partial charge in [0.1, 0.15) is 5.69 Å². The minimum absolute atomic E-state index is 0.0408. The number of amides is 1. The minimum Gasteiger partial charge on any atom is -0.478 e. The molecule has 1 aromatic heterocycles. The molecule has 1 amide bonds. The van der Waals surface area contributed by atoms with Crippen LogP contribution >= 0.6 is 0 Å². The fraction of sp³-hybridized carbons (Fsp3) is 0.400. The second-order valence-electron chi connectivity index (χ2n) is 4.54. The Hall–Kier alpha value is -2.21. The summed E-state index contributed by atoms with van der Waals surface area (Å²) in [5.41, 5.74) is 0.953. The number of rotatable bonds is 7. The minimum atomic E-state index is -1.03. The van der Waals surface area contributed by atoms with E-state index in [1.165, 1.54) is 12.3 Å². The number of hydrogen-bond donors (Lipinski definition) is 1. The fourth-order valence-electron chi connectivity index (χ4n) is 1.93. The Morgan fingerprint density at radius 1 is 1.48 bits per heavy atom. The Kier molecular flexibility index (Phi) is 6.55. The van der Waals surface area contributed by atoms with Crippen LogP contribution in [-0.4, -0.2) is 53.2 Å². The van der Waals surface area contributed by atoms with Crippen LogP contribution in [0, 0.1) is 0 Å². The average Bonchev–Trinajstić information content (AvgIpc) is 2.46. The zero-order valence-electron chi connectivity index (χ0n) is 12.4. The number of nitrogens with zero attached hydrogens (tertiary/aromatic N) is 2. The molecule has 1 aromatic rings. The smallest absolute Gasteiger partial charge is 0.328 e. The number of pyridine rings is 1. The lowest BCUT2D eigenvalue weighted by molar-refractivity contribution is -0.131. The maximum atomic E-state index is 12.4. The number of carboxylic acids is 1. The van der Waals surface area contributed by atoms with Crippen molar-refractivity contribution in [3.8, 4) is 0 Å². The lowest BCUT2D eigenvalue weighted by Gasteiger charge is -2.27. The molecule has 114 valence electrons. The molecular formula is C15H20N2O4. The van der Waals surface area contributed by atoms with Gasteiger partial charge < -0.3 is 14.7 Å². The van der Waals surface area contributed by atoms with E-state index in [2.05, 4.69) is 4.98 Å². The molecule has 1 atom stereocenters. The molecule has 0 aromatic carbocycles. The highest BCUT2D eigenvalue weighted by molar-refractivity contribution is 5.92. The van der Waals surface area contributed by atoms with Gasteiger partial charge in [0.2, 0.25) is 0 Å². The topological polar surface area (TPSA) is 79.7 Å². The highest BCUT2D eigenvalue weighted by Gasteiger charge is 2.20. The summed E-state index contributed by atoms with van der Waals surface area (Å²) in [5.74, 6) is -1.20. The van der Waals surface area contributed by atoms with Gasteiger partial charge in [-0.3, -0.25) is 9.78 Å². The quantitative estimate of drug-likeness (QED) is 0.773. The van der Waals surface area contributed by atoms with Crippen molar-refractivity contribution in [1.82, 2.24) is 9.88 Å². The third-order valence-electron chi connectivity index (χ3n) is 2.97. The molecule has 21 heavy (non-hydrogen) atoms. The molecule has 1 unspecified atom stereocenters. The maximum absolute atomic E-state index is 12.4. The number of likely N-dealkylation sites (N-methyl/N-ethyl adjacent to an activating group) is 1. The number of hydrogen-bond acceptors (Lipinski definition) is 4. The van der Waals surface area contributed by atoms with Crippen molar-refractivity contribution >= 4 is 18.0 Å². The van der Waals surface area contributed by atoms with E-state index in [4.69, 9.17) is 9.84 Å². The van der Waals surface area contributed by atoms with Crippen molar-refractivity contribution in [2.24, 2.45) is 0 Å². The molecule has 6 nitrogen and oxygen atoms in total. The molecule has 1 N–H and O–H groups in total. The second kappa shape index (κ2) is 8.16. The molecule has 0 bridgehead atoms. The first-order chi connectivity index (χ1) is 9.99. The summed E-state index contributed by atoms with van der Waals surface area (Å²) >= 11 is 0. The number of ether oxygens (including phenoxy) is 1. The summed E-state index contributed by atoms with van der Waals surface area (Å²) in [6.07, 6.45) is 3.92. The van der Waals surface area contributed by atoms with Gasteiger partial charge in [-0.25, -0.2) is 4.79 Å². The van der Waals surface area contributed by atoms with E-state index in [0.717, 1.165) is 6.08 Å². The van der Waals surface area contributed by atoms with Crippen LogP contribution < -0.4 is 0 Å². The van der Waals surface area contributed by atoms with Gasteiger partial charge in [-0.2, -0.15) is 0 Å². The van der Waals surface area contributed by atoms with E-state index in [0.29, 0.717) is 24.4 Å². The average molecular weight is 292 g/mol. The molecule has 0 fully saturated rings. The van der Waals surface area contributed by atoms with E-state index in [9.17, 15) is 9.59 Å². The largest absolute Gasteiger partial charge is 0.478 e. The van der Waals surface area contributed by atoms with Crippen molar-refractivity contribution in [2.75, 3.05) is 20.3 Å². The van der Waals surface area contributed by atoms with Gasteiger partial charge in [0, 0.05) is 25.9 Å². The molecule has 1 heterocycles. The molecule has 0 aliphatic heterocycles. The van der Waals surface area contributed by atoms with Gasteiger partial charge >= 0.3 is 5.97 Å². The fourth-order valence-corrected chi connectivity index (χ4v) is 1.93. The lowest BCUT2D eigenvalue weighted by Crippen LogP contribution is -2.41. The summed E-state index contributed by atoms with van der Waals surface area (Å²) in [4.78, 5) is 28.6. The monoisotopic (exact) mass is 292 g/mol. The van der Waals surface area contributed by atoms with Crippen molar-refractivity contribution < 1.29 is 19.4 Å². The summed E-state index contributed by atoms with van der Waals surface area (Å²) in [6.45, 7) is 4.83. The number of carbonyl (C=O) groups is 2. The first-order valence-corrected chi connectivity index (χ1v) is 6.66. The normalized spacial score (nSPS) is 12.3. The van der Waals surface area contributed by atoms with Crippen LogP contribution in [0.15, 0.2) is 24.4 Å². The molecule has 0 saturated carbocycles. The van der Waals surface area contributed by atoms with Crippen LogP contribution in [0.25, 0.3) is 6.08 Å². The first kappa shape index (κ1) is 16.8. The molecule has 0 spiro atoms. The Balaban J connectivity index is 2.84. The zero-order chi connectivity index (χ0) is 15.8. The number of carbonyl (C=O) groups excluding carboxylic acids is 1. The Bertz CT molecular complexity index is 511. The Morgan fingerprint density at radius 3 is 2.67 bits per heavy atom. The molecule has 0 saturated heterocycles. The molecule has 0 radical (unpaired) electrons. The van der Waals surface area contributed by atoms with E-state index in [1.807, 2.05) is 13.8 Å². The Labute approximate surface area is 124 Å². The van der Waals surface area contributed by atoms with Crippen LogP contribution in [-0.2, 0) is 9.53 Å². The summed E-state index contributed by atoms with van der Waals surface area (Å²) in [7, 11) is 1.59. The highest BCUT2D eigenvalue weighted by Crippen LogP contribution is 2.09. The van der Waals surface area contributed by atoms with E-state index < -0.39 is 5.97 Å². The van der Waals surface area contributed by atoms with Gasteiger partial charge in [-0.05, 0) is 31.6 Å². The molecule has 0 aliphatic rings. The van der Waals surface area contributed by atoms with Crippen molar-refractivity contribution in [3.63, 3.8) is 0 Å². The van der Waals surface area contributed by atoms with Crippen molar-refractivity contribution in [1.29, 1.82) is 0 Å².